The van der Waals surface area contributed by atoms with Crippen molar-refractivity contribution in [1.29, 1.82) is 0 Å². The summed E-state index contributed by atoms with van der Waals surface area (Å²) in [5.41, 5.74) is 4.29. The van der Waals surface area contributed by atoms with Gasteiger partial charge in [-0.05, 0) is 50.2 Å². The number of hydrogen-bond acceptors (Lipinski definition) is 6. The highest BCUT2D eigenvalue weighted by atomic mass is 32.2. The molecule has 0 saturated carbocycles. The van der Waals surface area contributed by atoms with Gasteiger partial charge in [0.2, 0.25) is 5.91 Å². The Morgan fingerprint density at radius 3 is 2.24 bits per heavy atom. The maximum Gasteiger partial charge on any atom is 0.230 e. The van der Waals surface area contributed by atoms with E-state index < -0.39 is 0 Å². The topological polar surface area (TPSA) is 72.7 Å². The minimum absolute atomic E-state index is 0.0200. The van der Waals surface area contributed by atoms with E-state index in [-0.39, 0.29) is 11.7 Å². The summed E-state index contributed by atoms with van der Waals surface area (Å²) in [6.07, 6.45) is 3.47. The van der Waals surface area contributed by atoms with Crippen LogP contribution in [0.4, 0.5) is 0 Å². The summed E-state index contributed by atoms with van der Waals surface area (Å²) in [5.74, 6) is 1.80. The lowest BCUT2D eigenvalue weighted by atomic mass is 10.2. The first-order valence-corrected chi connectivity index (χ1v) is 12.6. The quantitative estimate of drug-likeness (QED) is 0.273. The van der Waals surface area contributed by atoms with Gasteiger partial charge in [-0.1, -0.05) is 47.2 Å². The van der Waals surface area contributed by atoms with Crippen molar-refractivity contribution >= 4 is 29.4 Å². The van der Waals surface area contributed by atoms with Gasteiger partial charge in [-0.2, -0.15) is 0 Å². The summed E-state index contributed by atoms with van der Waals surface area (Å²) in [5, 5.41) is 12.5. The zero-order chi connectivity index (χ0) is 23.0. The van der Waals surface area contributed by atoms with E-state index in [1.54, 1.807) is 24.2 Å². The molecule has 0 atom stereocenters. The molecule has 1 amide bonds. The summed E-state index contributed by atoms with van der Waals surface area (Å²) in [6.45, 7) is 4.74. The van der Waals surface area contributed by atoms with Crippen LogP contribution in [0.25, 0.3) is 17.1 Å². The molecule has 1 N–H and O–H groups in total. The van der Waals surface area contributed by atoms with Crippen LogP contribution in [-0.2, 0) is 4.79 Å². The number of carbonyl (C=O) groups is 1. The molecule has 2 heterocycles. The molecule has 0 aliphatic rings. The van der Waals surface area contributed by atoms with Crippen molar-refractivity contribution in [3.8, 4) is 17.1 Å². The first kappa shape index (κ1) is 23.1. The largest absolute Gasteiger partial charge is 0.355 e. The van der Waals surface area contributed by atoms with E-state index in [1.165, 1.54) is 27.8 Å². The van der Waals surface area contributed by atoms with Crippen molar-refractivity contribution in [3.63, 3.8) is 0 Å². The number of pyridine rings is 1. The van der Waals surface area contributed by atoms with Gasteiger partial charge < -0.3 is 5.32 Å². The molecular weight excluding hydrogens is 450 g/mol. The highest BCUT2D eigenvalue weighted by Gasteiger charge is 2.17. The number of thioether (sulfide) groups is 2. The Kier molecular flexibility index (Phi) is 7.80. The summed E-state index contributed by atoms with van der Waals surface area (Å²) in [7, 11) is 0. The number of nitrogens with zero attached hydrogens (tertiary/aromatic N) is 4. The van der Waals surface area contributed by atoms with Crippen LogP contribution in [0.15, 0.2) is 83.1 Å². The minimum Gasteiger partial charge on any atom is -0.355 e. The molecular formula is C25H25N5OS2. The average Bonchev–Trinajstić information content (AvgIpc) is 3.27. The van der Waals surface area contributed by atoms with Crippen LogP contribution in [-0.4, -0.2) is 43.7 Å². The standard InChI is InChI=1S/C25H25N5OS2/c1-18-3-7-21(8-4-18)30-24(20-11-13-26-14-12-20)28-29-25(30)33-17-23(31)27-15-16-32-22-9-5-19(2)6-10-22/h3-14H,15-17H2,1-2H3,(H,27,31). The Morgan fingerprint density at radius 1 is 0.879 bits per heavy atom. The van der Waals surface area contributed by atoms with Gasteiger partial charge in [0.05, 0.1) is 5.75 Å². The van der Waals surface area contributed by atoms with Gasteiger partial charge in [-0.3, -0.25) is 14.3 Å². The monoisotopic (exact) mass is 475 g/mol. The molecule has 168 valence electrons. The van der Waals surface area contributed by atoms with Crippen molar-refractivity contribution < 1.29 is 4.79 Å². The lowest BCUT2D eigenvalue weighted by Gasteiger charge is -2.11. The molecule has 0 aliphatic carbocycles. The lowest BCUT2D eigenvalue weighted by molar-refractivity contribution is -0.118. The van der Waals surface area contributed by atoms with Gasteiger partial charge in [0, 0.05) is 40.8 Å². The Labute approximate surface area is 202 Å². The summed E-state index contributed by atoms with van der Waals surface area (Å²) < 4.78 is 1.99. The zero-order valence-electron chi connectivity index (χ0n) is 18.6. The zero-order valence-corrected chi connectivity index (χ0v) is 20.2. The molecule has 0 spiro atoms. The molecule has 0 unspecified atom stereocenters. The van der Waals surface area contributed by atoms with Crippen LogP contribution < -0.4 is 5.32 Å². The molecule has 0 bridgehead atoms. The number of benzene rings is 2. The van der Waals surface area contributed by atoms with Crippen LogP contribution in [0, 0.1) is 13.8 Å². The molecule has 4 rings (SSSR count). The molecule has 0 radical (unpaired) electrons. The van der Waals surface area contributed by atoms with Gasteiger partial charge in [0.25, 0.3) is 0 Å². The Bertz CT molecular complexity index is 1190. The van der Waals surface area contributed by atoms with Crippen molar-refractivity contribution in [2.24, 2.45) is 0 Å². The summed E-state index contributed by atoms with van der Waals surface area (Å²) in [4.78, 5) is 17.7. The van der Waals surface area contributed by atoms with Crippen LogP contribution in [0.5, 0.6) is 0 Å². The fourth-order valence-electron chi connectivity index (χ4n) is 3.15. The van der Waals surface area contributed by atoms with Gasteiger partial charge in [-0.25, -0.2) is 0 Å². The number of aryl methyl sites for hydroxylation is 2. The Balaban J connectivity index is 1.39. The van der Waals surface area contributed by atoms with E-state index in [4.69, 9.17) is 0 Å². The van der Waals surface area contributed by atoms with Crippen molar-refractivity contribution in [1.82, 2.24) is 25.1 Å². The lowest BCUT2D eigenvalue weighted by Crippen LogP contribution is -2.27. The summed E-state index contributed by atoms with van der Waals surface area (Å²) in [6, 6.07) is 20.4. The second-order valence-electron chi connectivity index (χ2n) is 7.51. The fourth-order valence-corrected chi connectivity index (χ4v) is 4.70. The molecule has 33 heavy (non-hydrogen) atoms. The Morgan fingerprint density at radius 2 is 1.55 bits per heavy atom. The van der Waals surface area contributed by atoms with Crippen LogP contribution in [0.3, 0.4) is 0 Å². The maximum absolute atomic E-state index is 12.4. The van der Waals surface area contributed by atoms with Crippen molar-refractivity contribution in [3.05, 3.63) is 84.2 Å². The molecule has 8 heteroatoms. The van der Waals surface area contributed by atoms with E-state index in [0.717, 1.165) is 22.8 Å². The maximum atomic E-state index is 12.4. The van der Waals surface area contributed by atoms with Gasteiger partial charge in [0.1, 0.15) is 0 Å². The van der Waals surface area contributed by atoms with Gasteiger partial charge >= 0.3 is 0 Å². The van der Waals surface area contributed by atoms with E-state index in [2.05, 4.69) is 70.7 Å². The van der Waals surface area contributed by atoms with E-state index >= 15 is 0 Å². The highest BCUT2D eigenvalue weighted by Crippen LogP contribution is 2.27. The van der Waals surface area contributed by atoms with Crippen molar-refractivity contribution in [2.45, 2.75) is 23.9 Å². The second-order valence-corrected chi connectivity index (χ2v) is 9.62. The first-order chi connectivity index (χ1) is 16.1. The van der Waals surface area contributed by atoms with E-state index in [1.807, 2.05) is 28.8 Å². The first-order valence-electron chi connectivity index (χ1n) is 10.6. The van der Waals surface area contributed by atoms with Crippen LogP contribution >= 0.6 is 23.5 Å². The smallest absolute Gasteiger partial charge is 0.230 e. The normalized spacial score (nSPS) is 10.8. The minimum atomic E-state index is -0.0200. The number of carbonyl (C=O) groups excluding carboxylic acids is 1. The third-order valence-electron chi connectivity index (χ3n) is 4.91. The number of rotatable bonds is 9. The predicted octanol–water partition coefficient (Wildman–Crippen LogP) is 4.95. The number of nitrogens with one attached hydrogen (secondary N) is 1. The third kappa shape index (κ3) is 6.24. The molecule has 0 saturated heterocycles. The molecule has 4 aromatic rings. The van der Waals surface area contributed by atoms with Crippen LogP contribution in [0.1, 0.15) is 11.1 Å². The Hall–Kier alpha value is -3.10. The average molecular weight is 476 g/mol. The summed E-state index contributed by atoms with van der Waals surface area (Å²) >= 11 is 3.11. The molecule has 0 aliphatic heterocycles. The molecule has 2 aromatic carbocycles. The molecule has 0 fully saturated rings. The number of hydrogen-bond donors (Lipinski definition) is 1. The van der Waals surface area contributed by atoms with Crippen LogP contribution in [0.2, 0.25) is 0 Å². The number of amides is 1. The molecule has 2 aromatic heterocycles. The second kappa shape index (κ2) is 11.2. The molecule has 6 nitrogen and oxygen atoms in total. The van der Waals surface area contributed by atoms with Gasteiger partial charge in [0.15, 0.2) is 11.0 Å². The van der Waals surface area contributed by atoms with E-state index in [0.29, 0.717) is 11.7 Å². The van der Waals surface area contributed by atoms with E-state index in [9.17, 15) is 4.79 Å². The fraction of sp³-hybridized carbons (Fsp3) is 0.200. The third-order valence-corrected chi connectivity index (χ3v) is 6.85. The predicted molar refractivity (Wildman–Crippen MR) is 135 cm³/mol. The highest BCUT2D eigenvalue weighted by molar-refractivity contribution is 7.99. The SMILES string of the molecule is Cc1ccc(SCCNC(=O)CSc2nnc(-c3ccncc3)n2-c2ccc(C)cc2)cc1. The van der Waals surface area contributed by atoms with Gasteiger partial charge in [-0.15, -0.1) is 22.0 Å². The number of aromatic nitrogens is 4. The van der Waals surface area contributed by atoms with Crippen molar-refractivity contribution in [2.75, 3.05) is 18.1 Å².